The van der Waals surface area contributed by atoms with E-state index in [1.54, 1.807) is 30.7 Å². The Bertz CT molecular complexity index is 1410. The number of imidazole rings is 1. The van der Waals surface area contributed by atoms with E-state index >= 15 is 0 Å². The van der Waals surface area contributed by atoms with Gasteiger partial charge in [-0.25, -0.2) is 9.97 Å². The molecule has 2 aromatic carbocycles. The van der Waals surface area contributed by atoms with Crippen LogP contribution in [0.15, 0.2) is 73.2 Å². The van der Waals surface area contributed by atoms with Crippen LogP contribution in [-0.2, 0) is 0 Å². The van der Waals surface area contributed by atoms with E-state index in [-0.39, 0.29) is 11.5 Å². The average molecular weight is 382 g/mol. The van der Waals surface area contributed by atoms with Crippen molar-refractivity contribution in [1.82, 2.24) is 19.4 Å². The highest BCUT2D eigenvalue weighted by Crippen LogP contribution is 2.35. The fraction of sp³-hybridized carbons (Fsp3) is 0. The molecule has 0 radical (unpaired) electrons. The molecule has 0 amide bonds. The second-order valence-electron chi connectivity index (χ2n) is 6.53. The number of nitrogens with two attached hydrogens (primary N) is 1. The summed E-state index contributed by atoms with van der Waals surface area (Å²) in [7, 11) is 0. The van der Waals surface area contributed by atoms with Crippen LogP contribution in [0.2, 0.25) is 0 Å². The third kappa shape index (κ3) is 2.74. The first-order chi connectivity index (χ1) is 14.1. The van der Waals surface area contributed by atoms with Gasteiger partial charge in [0.1, 0.15) is 0 Å². The van der Waals surface area contributed by atoms with Crippen LogP contribution in [-0.4, -0.2) is 24.3 Å². The number of hydrogen-bond donors (Lipinski definition) is 1. The molecule has 0 aliphatic heterocycles. The summed E-state index contributed by atoms with van der Waals surface area (Å²) in [6, 6.07) is 16.1. The Morgan fingerprint density at radius 2 is 1.86 bits per heavy atom. The van der Waals surface area contributed by atoms with Gasteiger partial charge in [0, 0.05) is 47.2 Å². The minimum absolute atomic E-state index is 0.0118. The van der Waals surface area contributed by atoms with Crippen LogP contribution < -0.4 is 5.73 Å². The minimum Gasteiger partial charge on any atom is -0.381 e. The lowest BCUT2D eigenvalue weighted by Gasteiger charge is -2.14. The van der Waals surface area contributed by atoms with Crippen LogP contribution >= 0.6 is 0 Å². The van der Waals surface area contributed by atoms with Crippen LogP contribution in [0.5, 0.6) is 0 Å². The van der Waals surface area contributed by atoms with Gasteiger partial charge in [0.25, 0.3) is 5.69 Å². The second kappa shape index (κ2) is 6.38. The number of rotatable bonds is 3. The Balaban J connectivity index is 1.84. The predicted octanol–water partition coefficient (Wildman–Crippen LogP) is 4.10. The quantitative estimate of drug-likeness (QED) is 0.371. The van der Waals surface area contributed by atoms with Crippen LogP contribution in [0.3, 0.4) is 0 Å². The molecule has 5 aromatic rings. The Hall–Kier alpha value is -4.33. The van der Waals surface area contributed by atoms with E-state index < -0.39 is 4.92 Å². The van der Waals surface area contributed by atoms with Gasteiger partial charge in [0.2, 0.25) is 0 Å². The molecule has 0 saturated heterocycles. The smallest absolute Gasteiger partial charge is 0.270 e. The molecule has 0 unspecified atom stereocenters. The fourth-order valence-corrected chi connectivity index (χ4v) is 3.48. The van der Waals surface area contributed by atoms with Crippen molar-refractivity contribution >= 4 is 28.1 Å². The average Bonchev–Trinajstić information content (AvgIpc) is 3.24. The van der Waals surface area contributed by atoms with Crippen molar-refractivity contribution in [2.75, 3.05) is 5.73 Å². The first-order valence-corrected chi connectivity index (χ1v) is 8.84. The summed E-state index contributed by atoms with van der Waals surface area (Å²) in [4.78, 5) is 24.1. The third-order valence-electron chi connectivity index (χ3n) is 4.77. The van der Waals surface area contributed by atoms with Crippen molar-refractivity contribution in [3.8, 4) is 22.5 Å². The van der Waals surface area contributed by atoms with Gasteiger partial charge in [0.15, 0.2) is 11.5 Å². The van der Waals surface area contributed by atoms with E-state index in [4.69, 9.17) is 5.73 Å². The van der Waals surface area contributed by atoms with E-state index in [0.717, 1.165) is 22.2 Å². The predicted molar refractivity (Wildman–Crippen MR) is 110 cm³/mol. The Morgan fingerprint density at radius 1 is 0.966 bits per heavy atom. The summed E-state index contributed by atoms with van der Waals surface area (Å²) < 4.78 is 1.86. The lowest BCUT2D eigenvalue weighted by atomic mass is 10.0. The molecule has 3 heterocycles. The van der Waals surface area contributed by atoms with Gasteiger partial charge >= 0.3 is 0 Å². The van der Waals surface area contributed by atoms with Crippen molar-refractivity contribution in [1.29, 1.82) is 0 Å². The number of nitro groups is 1. The molecule has 140 valence electrons. The van der Waals surface area contributed by atoms with Crippen LogP contribution in [0.25, 0.3) is 39.1 Å². The van der Waals surface area contributed by atoms with E-state index in [2.05, 4.69) is 15.0 Å². The lowest BCUT2D eigenvalue weighted by molar-refractivity contribution is -0.384. The minimum atomic E-state index is -0.427. The molecule has 3 aromatic heterocycles. The molecule has 0 spiro atoms. The molecule has 0 aliphatic carbocycles. The number of nitrogen functional groups attached to an aromatic ring is 1. The second-order valence-corrected chi connectivity index (χ2v) is 6.53. The molecule has 8 heteroatoms. The first kappa shape index (κ1) is 16.8. The number of anilines is 1. The molecule has 2 N–H and O–H groups in total. The van der Waals surface area contributed by atoms with E-state index in [1.807, 2.05) is 34.7 Å². The summed E-state index contributed by atoms with van der Waals surface area (Å²) in [5.74, 6) is 0.253. The zero-order chi connectivity index (χ0) is 20.0. The van der Waals surface area contributed by atoms with Crippen molar-refractivity contribution in [2.45, 2.75) is 0 Å². The molecule has 0 aliphatic rings. The first-order valence-electron chi connectivity index (χ1n) is 8.84. The number of nitrogens with zero attached hydrogens (tertiary/aromatic N) is 5. The van der Waals surface area contributed by atoms with Gasteiger partial charge < -0.3 is 5.73 Å². The number of fused-ring (bicyclic) bond motifs is 2. The summed E-state index contributed by atoms with van der Waals surface area (Å²) >= 11 is 0. The normalized spacial score (nSPS) is 11.2. The number of hydrogen-bond acceptors (Lipinski definition) is 6. The maximum Gasteiger partial charge on any atom is 0.270 e. The maximum atomic E-state index is 11.3. The van der Waals surface area contributed by atoms with Crippen molar-refractivity contribution < 1.29 is 4.92 Å². The molecule has 0 atom stereocenters. The van der Waals surface area contributed by atoms with Crippen LogP contribution in [0.4, 0.5) is 11.5 Å². The van der Waals surface area contributed by atoms with E-state index in [9.17, 15) is 10.1 Å². The molecular weight excluding hydrogens is 368 g/mol. The molecule has 8 nitrogen and oxygen atoms in total. The molecule has 0 bridgehead atoms. The van der Waals surface area contributed by atoms with Crippen LogP contribution in [0, 0.1) is 10.1 Å². The number of pyridine rings is 1. The van der Waals surface area contributed by atoms with Crippen molar-refractivity contribution in [3.63, 3.8) is 0 Å². The van der Waals surface area contributed by atoms with Crippen LogP contribution in [0.1, 0.15) is 0 Å². The zero-order valence-electron chi connectivity index (χ0n) is 15.1. The van der Waals surface area contributed by atoms with Gasteiger partial charge in [0.05, 0.1) is 21.8 Å². The monoisotopic (exact) mass is 382 g/mol. The Labute approximate surface area is 164 Å². The Morgan fingerprint density at radius 3 is 2.72 bits per heavy atom. The molecule has 0 saturated carbocycles. The largest absolute Gasteiger partial charge is 0.381 e. The number of aromatic nitrogens is 4. The third-order valence-corrected chi connectivity index (χ3v) is 4.77. The molecule has 5 rings (SSSR count). The summed E-state index contributed by atoms with van der Waals surface area (Å²) in [6.07, 6.45) is 5.20. The highest BCUT2D eigenvalue weighted by atomic mass is 16.6. The van der Waals surface area contributed by atoms with E-state index in [1.165, 1.54) is 12.1 Å². The Kier molecular flexibility index (Phi) is 3.70. The highest BCUT2D eigenvalue weighted by molar-refractivity contribution is 5.89. The maximum absolute atomic E-state index is 11.3. The highest BCUT2D eigenvalue weighted by Gasteiger charge is 2.19. The van der Waals surface area contributed by atoms with Crippen molar-refractivity contribution in [3.05, 3.63) is 83.3 Å². The lowest BCUT2D eigenvalue weighted by Crippen LogP contribution is -2.04. The molecular formula is C21H14N6O2. The topological polar surface area (TPSA) is 112 Å². The van der Waals surface area contributed by atoms with Crippen molar-refractivity contribution in [2.24, 2.45) is 0 Å². The molecule has 29 heavy (non-hydrogen) atoms. The van der Waals surface area contributed by atoms with Gasteiger partial charge in [-0.15, -0.1) is 0 Å². The fourth-order valence-electron chi connectivity index (χ4n) is 3.48. The summed E-state index contributed by atoms with van der Waals surface area (Å²) in [5, 5.41) is 12.2. The summed E-state index contributed by atoms with van der Waals surface area (Å²) in [5.41, 5.74) is 10.3. The SMILES string of the molecule is Nc1nc(-c2cccc([N+](=O)[O-])c2)c(-c2ccc3ncccc3c2)n2ccnc12. The molecule has 0 fully saturated rings. The number of non-ortho nitro benzene ring substituents is 1. The summed E-state index contributed by atoms with van der Waals surface area (Å²) in [6.45, 7) is 0. The number of benzene rings is 2. The standard InChI is InChI=1S/C21H14N6O2/c22-20-21-24-9-10-26(21)19(15-6-7-17-13(11-15)4-2-8-23-17)18(25-20)14-3-1-5-16(12-14)27(28)29/h1-12H,(H2,22,25). The van der Waals surface area contributed by atoms with Gasteiger partial charge in [-0.3, -0.25) is 19.5 Å². The number of nitro benzene ring substituents is 1. The van der Waals surface area contributed by atoms with Gasteiger partial charge in [-0.2, -0.15) is 0 Å². The van der Waals surface area contributed by atoms with Gasteiger partial charge in [-0.05, 0) is 18.2 Å². The zero-order valence-corrected chi connectivity index (χ0v) is 15.1. The van der Waals surface area contributed by atoms with E-state index in [0.29, 0.717) is 16.9 Å². The van der Waals surface area contributed by atoms with Gasteiger partial charge in [-0.1, -0.05) is 24.3 Å².